The zero-order valence-electron chi connectivity index (χ0n) is 12.2. The fourth-order valence-electron chi connectivity index (χ4n) is 2.78. The summed E-state index contributed by atoms with van der Waals surface area (Å²) in [4.78, 5) is 0. The summed E-state index contributed by atoms with van der Waals surface area (Å²) in [5.41, 5.74) is -0.722. The Bertz CT molecular complexity index is 403. The summed E-state index contributed by atoms with van der Waals surface area (Å²) in [5.74, 6) is -0.305. The van der Waals surface area contributed by atoms with Crippen LogP contribution in [0.3, 0.4) is 0 Å². The molecule has 1 aromatic carbocycles. The van der Waals surface area contributed by atoms with Crippen molar-refractivity contribution in [3.8, 4) is 0 Å². The summed E-state index contributed by atoms with van der Waals surface area (Å²) in [7, 11) is 0. The van der Waals surface area contributed by atoms with Gasteiger partial charge in [0.1, 0.15) is 11.6 Å². The van der Waals surface area contributed by atoms with E-state index < -0.39 is 17.2 Å². The van der Waals surface area contributed by atoms with E-state index in [0.29, 0.717) is 24.7 Å². The molecule has 0 aliphatic heterocycles. The van der Waals surface area contributed by atoms with Gasteiger partial charge >= 0.3 is 0 Å². The fraction of sp³-hybridized carbons (Fsp3) is 0.625. The van der Waals surface area contributed by atoms with E-state index >= 15 is 0 Å². The predicted molar refractivity (Wildman–Crippen MR) is 73.9 cm³/mol. The lowest BCUT2D eigenvalue weighted by molar-refractivity contribution is 0.0000141. The van der Waals surface area contributed by atoms with Gasteiger partial charge in [-0.2, -0.15) is 0 Å². The molecule has 0 radical (unpaired) electrons. The molecule has 1 aromatic rings. The first-order valence-electron chi connectivity index (χ1n) is 6.88. The smallest absolute Gasteiger partial charge is 0.126 e. The van der Waals surface area contributed by atoms with E-state index in [1.807, 2.05) is 27.7 Å². The minimum Gasteiger partial charge on any atom is -0.390 e. The zero-order valence-corrected chi connectivity index (χ0v) is 12.2. The fourth-order valence-corrected chi connectivity index (χ4v) is 2.78. The van der Waals surface area contributed by atoms with Crippen molar-refractivity contribution in [1.29, 1.82) is 0 Å². The zero-order chi connectivity index (χ0) is 14.6. The van der Waals surface area contributed by atoms with Crippen molar-refractivity contribution in [2.24, 2.45) is 11.8 Å². The number of halogens is 2. The number of rotatable bonds is 6. The molecular formula is C16H24F2O. The first-order chi connectivity index (χ1) is 8.72. The summed E-state index contributed by atoms with van der Waals surface area (Å²) < 4.78 is 26.9. The summed E-state index contributed by atoms with van der Waals surface area (Å²) >= 11 is 0. The van der Waals surface area contributed by atoms with Gasteiger partial charge in [-0.25, -0.2) is 8.78 Å². The predicted octanol–water partition coefficient (Wildman–Crippen LogP) is 4.33. The average molecular weight is 270 g/mol. The maximum atomic E-state index is 13.7. The second-order valence-corrected chi connectivity index (χ2v) is 6.33. The summed E-state index contributed by atoms with van der Waals surface area (Å²) in [6.45, 7) is 8.08. The van der Waals surface area contributed by atoms with Crippen LogP contribution in [-0.2, 0) is 6.42 Å². The maximum absolute atomic E-state index is 13.7. The van der Waals surface area contributed by atoms with Gasteiger partial charge in [0.05, 0.1) is 5.60 Å². The van der Waals surface area contributed by atoms with Crippen molar-refractivity contribution >= 4 is 0 Å². The summed E-state index contributed by atoms with van der Waals surface area (Å²) in [6.07, 6.45) is 1.33. The van der Waals surface area contributed by atoms with Crippen LogP contribution in [0.5, 0.6) is 0 Å². The average Bonchev–Trinajstić information content (AvgIpc) is 2.20. The third-order valence-corrected chi connectivity index (χ3v) is 3.10. The van der Waals surface area contributed by atoms with Crippen LogP contribution in [-0.4, -0.2) is 10.7 Å². The van der Waals surface area contributed by atoms with Crippen molar-refractivity contribution < 1.29 is 13.9 Å². The van der Waals surface area contributed by atoms with Crippen LogP contribution in [0.15, 0.2) is 18.2 Å². The highest BCUT2D eigenvalue weighted by molar-refractivity contribution is 5.20. The van der Waals surface area contributed by atoms with Crippen LogP contribution in [0.25, 0.3) is 0 Å². The van der Waals surface area contributed by atoms with E-state index in [0.717, 1.165) is 12.1 Å². The van der Waals surface area contributed by atoms with Gasteiger partial charge < -0.3 is 5.11 Å². The molecule has 1 rings (SSSR count). The van der Waals surface area contributed by atoms with Crippen molar-refractivity contribution in [3.05, 3.63) is 35.4 Å². The van der Waals surface area contributed by atoms with Gasteiger partial charge in [-0.15, -0.1) is 0 Å². The van der Waals surface area contributed by atoms with E-state index in [-0.39, 0.29) is 12.0 Å². The monoisotopic (exact) mass is 270 g/mol. The Hall–Kier alpha value is -0.960. The summed E-state index contributed by atoms with van der Waals surface area (Å²) in [6, 6.07) is 3.40. The molecule has 3 heteroatoms. The van der Waals surface area contributed by atoms with Crippen molar-refractivity contribution in [2.75, 3.05) is 0 Å². The van der Waals surface area contributed by atoms with Crippen LogP contribution in [0.4, 0.5) is 8.78 Å². The van der Waals surface area contributed by atoms with Crippen LogP contribution in [0.1, 0.15) is 46.1 Å². The molecule has 1 N–H and O–H groups in total. The number of hydrogen-bond donors (Lipinski definition) is 1. The minimum absolute atomic E-state index is 0.160. The lowest BCUT2D eigenvalue weighted by Gasteiger charge is -2.32. The molecule has 0 unspecified atom stereocenters. The number of aliphatic hydroxyl groups is 1. The van der Waals surface area contributed by atoms with E-state index in [1.165, 1.54) is 6.07 Å². The third-order valence-electron chi connectivity index (χ3n) is 3.10. The Labute approximate surface area is 114 Å². The highest BCUT2D eigenvalue weighted by Gasteiger charge is 2.30. The Kier molecular flexibility index (Phi) is 5.48. The van der Waals surface area contributed by atoms with Gasteiger partial charge in [0, 0.05) is 6.42 Å². The molecule has 0 fully saturated rings. The normalized spacial score (nSPS) is 12.5. The second-order valence-electron chi connectivity index (χ2n) is 6.33. The van der Waals surface area contributed by atoms with Gasteiger partial charge in [-0.1, -0.05) is 27.7 Å². The molecule has 0 aliphatic rings. The molecule has 0 aromatic heterocycles. The first-order valence-corrected chi connectivity index (χ1v) is 6.88. The Morgan fingerprint density at radius 1 is 1.05 bits per heavy atom. The molecule has 0 spiro atoms. The van der Waals surface area contributed by atoms with Crippen molar-refractivity contribution in [2.45, 2.75) is 52.6 Å². The quantitative estimate of drug-likeness (QED) is 0.815. The molecule has 0 aliphatic carbocycles. The van der Waals surface area contributed by atoms with Crippen molar-refractivity contribution in [1.82, 2.24) is 0 Å². The van der Waals surface area contributed by atoms with E-state index in [1.54, 1.807) is 0 Å². The van der Waals surface area contributed by atoms with Gasteiger partial charge in [0.25, 0.3) is 0 Å². The highest BCUT2D eigenvalue weighted by atomic mass is 19.1. The molecule has 0 amide bonds. The number of benzene rings is 1. The Balaban J connectivity index is 2.96. The SMILES string of the molecule is CC(C)CC(O)(Cc1cc(F)ccc1F)CC(C)C. The molecule has 1 nitrogen and oxygen atoms in total. The largest absolute Gasteiger partial charge is 0.390 e. The van der Waals surface area contributed by atoms with Gasteiger partial charge in [0.15, 0.2) is 0 Å². The summed E-state index contributed by atoms with van der Waals surface area (Å²) in [5, 5.41) is 10.7. The molecule has 0 saturated carbocycles. The van der Waals surface area contributed by atoms with Crippen LogP contribution in [0, 0.1) is 23.5 Å². The van der Waals surface area contributed by atoms with Gasteiger partial charge in [-0.05, 0) is 48.4 Å². The second kappa shape index (κ2) is 6.47. The first kappa shape index (κ1) is 16.1. The molecule has 0 atom stereocenters. The highest BCUT2D eigenvalue weighted by Crippen LogP contribution is 2.29. The molecule has 19 heavy (non-hydrogen) atoms. The standard InChI is InChI=1S/C16H24F2O/c1-11(2)8-16(19,9-12(3)4)10-13-7-14(17)5-6-15(13)18/h5-7,11-12,19H,8-10H2,1-4H3. The molecule has 0 bridgehead atoms. The van der Waals surface area contributed by atoms with E-state index in [2.05, 4.69) is 0 Å². The molecule has 108 valence electrons. The van der Waals surface area contributed by atoms with Crippen LogP contribution < -0.4 is 0 Å². The van der Waals surface area contributed by atoms with Gasteiger partial charge in [0.2, 0.25) is 0 Å². The number of hydrogen-bond acceptors (Lipinski definition) is 1. The lowest BCUT2D eigenvalue weighted by atomic mass is 9.80. The minimum atomic E-state index is -0.975. The Morgan fingerprint density at radius 2 is 1.58 bits per heavy atom. The van der Waals surface area contributed by atoms with E-state index in [9.17, 15) is 13.9 Å². The maximum Gasteiger partial charge on any atom is 0.126 e. The Morgan fingerprint density at radius 3 is 2.05 bits per heavy atom. The topological polar surface area (TPSA) is 20.2 Å². The molecular weight excluding hydrogens is 246 g/mol. The molecule has 0 saturated heterocycles. The van der Waals surface area contributed by atoms with Crippen LogP contribution >= 0.6 is 0 Å². The molecule has 0 heterocycles. The van der Waals surface area contributed by atoms with Crippen LogP contribution in [0.2, 0.25) is 0 Å². The third kappa shape index (κ3) is 5.27. The lowest BCUT2D eigenvalue weighted by Crippen LogP contribution is -2.35. The van der Waals surface area contributed by atoms with Gasteiger partial charge in [-0.3, -0.25) is 0 Å². The van der Waals surface area contributed by atoms with E-state index in [4.69, 9.17) is 0 Å². The van der Waals surface area contributed by atoms with Crippen molar-refractivity contribution in [3.63, 3.8) is 0 Å².